The van der Waals surface area contributed by atoms with Crippen molar-refractivity contribution < 1.29 is 0 Å². The molecular weight excluding hydrogens is 571 g/mol. The average Bonchev–Trinajstić information content (AvgIpc) is 3.31. The summed E-state index contributed by atoms with van der Waals surface area (Å²) >= 11 is 4.08. The van der Waals surface area contributed by atoms with E-state index in [1.807, 2.05) is 18.5 Å². The molecular formula is C32H19IN2S. The third kappa shape index (κ3) is 3.87. The number of benzene rings is 4. The van der Waals surface area contributed by atoms with Gasteiger partial charge in [0.05, 0.1) is 5.69 Å². The van der Waals surface area contributed by atoms with Crippen molar-refractivity contribution in [3.63, 3.8) is 0 Å². The number of rotatable bonds is 3. The minimum absolute atomic E-state index is 0.977. The van der Waals surface area contributed by atoms with Crippen LogP contribution < -0.4 is 0 Å². The van der Waals surface area contributed by atoms with Crippen LogP contribution >= 0.6 is 33.9 Å². The smallest absolute Gasteiger partial charge is 0.124 e. The molecule has 7 aromatic rings. The maximum absolute atomic E-state index is 4.84. The van der Waals surface area contributed by atoms with Crippen molar-refractivity contribution >= 4 is 65.0 Å². The van der Waals surface area contributed by atoms with Crippen LogP contribution in [0, 0.1) is 3.57 Å². The van der Waals surface area contributed by atoms with Gasteiger partial charge in [-0.1, -0.05) is 48.5 Å². The van der Waals surface area contributed by atoms with Gasteiger partial charge in [-0.3, -0.25) is 4.98 Å². The lowest BCUT2D eigenvalue weighted by molar-refractivity contribution is 1.33. The Balaban J connectivity index is 1.23. The highest BCUT2D eigenvalue weighted by molar-refractivity contribution is 14.1. The zero-order valence-corrected chi connectivity index (χ0v) is 22.1. The number of hydrogen-bond acceptors (Lipinski definition) is 3. The Morgan fingerprint density at radius 3 is 2.06 bits per heavy atom. The van der Waals surface area contributed by atoms with E-state index in [2.05, 4.69) is 125 Å². The largest absolute Gasteiger partial charge is 0.256 e. The third-order valence-electron chi connectivity index (χ3n) is 6.66. The van der Waals surface area contributed by atoms with Gasteiger partial charge in [-0.2, -0.15) is 0 Å². The van der Waals surface area contributed by atoms with Gasteiger partial charge in [0.15, 0.2) is 0 Å². The van der Waals surface area contributed by atoms with Gasteiger partial charge >= 0.3 is 0 Å². The highest BCUT2D eigenvalue weighted by Crippen LogP contribution is 2.35. The van der Waals surface area contributed by atoms with E-state index in [0.717, 1.165) is 21.7 Å². The first kappa shape index (κ1) is 21.7. The van der Waals surface area contributed by atoms with Crippen LogP contribution in [0.2, 0.25) is 0 Å². The van der Waals surface area contributed by atoms with Gasteiger partial charge in [-0.25, -0.2) is 4.98 Å². The number of aromatic nitrogens is 2. The molecule has 36 heavy (non-hydrogen) atoms. The van der Waals surface area contributed by atoms with Gasteiger partial charge in [0.25, 0.3) is 0 Å². The van der Waals surface area contributed by atoms with Gasteiger partial charge in [0.2, 0.25) is 0 Å². The van der Waals surface area contributed by atoms with E-state index >= 15 is 0 Å². The van der Waals surface area contributed by atoms with Gasteiger partial charge in [-0.15, -0.1) is 11.3 Å². The van der Waals surface area contributed by atoms with E-state index in [4.69, 9.17) is 4.98 Å². The molecule has 0 aliphatic heterocycles. The second-order valence-electron chi connectivity index (χ2n) is 8.88. The lowest BCUT2D eigenvalue weighted by Crippen LogP contribution is -1.86. The van der Waals surface area contributed by atoms with E-state index in [-0.39, 0.29) is 0 Å². The number of pyridine rings is 2. The number of nitrogens with zero attached hydrogens (tertiary/aromatic N) is 2. The predicted octanol–water partition coefficient (Wildman–Crippen LogP) is 9.60. The summed E-state index contributed by atoms with van der Waals surface area (Å²) in [4.78, 5) is 10.4. The van der Waals surface area contributed by atoms with Crippen molar-refractivity contribution in [2.24, 2.45) is 0 Å². The lowest BCUT2D eigenvalue weighted by Gasteiger charge is -2.08. The molecule has 4 heteroatoms. The van der Waals surface area contributed by atoms with E-state index in [1.54, 1.807) is 11.3 Å². The van der Waals surface area contributed by atoms with Crippen LogP contribution in [0.3, 0.4) is 0 Å². The summed E-state index contributed by atoms with van der Waals surface area (Å²) in [5.41, 5.74) is 6.86. The second-order valence-corrected chi connectivity index (χ2v) is 11.2. The number of halogens is 1. The zero-order valence-electron chi connectivity index (χ0n) is 19.2. The molecule has 0 aliphatic carbocycles. The van der Waals surface area contributed by atoms with E-state index in [1.165, 1.54) is 46.5 Å². The molecule has 4 aromatic carbocycles. The Bertz CT molecular complexity index is 1890. The molecule has 0 amide bonds. The molecule has 170 valence electrons. The van der Waals surface area contributed by atoms with Crippen molar-refractivity contribution in [3.8, 4) is 33.5 Å². The molecule has 3 heterocycles. The molecule has 3 aromatic heterocycles. The van der Waals surface area contributed by atoms with Crippen molar-refractivity contribution in [1.29, 1.82) is 0 Å². The first-order valence-corrected chi connectivity index (χ1v) is 13.6. The van der Waals surface area contributed by atoms with E-state index < -0.39 is 0 Å². The lowest BCUT2D eigenvalue weighted by atomic mass is 9.98. The molecule has 0 radical (unpaired) electrons. The molecule has 0 fully saturated rings. The summed E-state index contributed by atoms with van der Waals surface area (Å²) in [5.74, 6) is 0. The van der Waals surface area contributed by atoms with Crippen LogP contribution in [0.25, 0.3) is 64.6 Å². The van der Waals surface area contributed by atoms with Crippen molar-refractivity contribution in [2.75, 3.05) is 0 Å². The highest BCUT2D eigenvalue weighted by atomic mass is 127. The summed E-state index contributed by atoms with van der Waals surface area (Å²) in [6.07, 6.45) is 3.84. The normalized spacial score (nSPS) is 11.5. The van der Waals surface area contributed by atoms with Crippen LogP contribution in [0.4, 0.5) is 0 Å². The summed E-state index contributed by atoms with van der Waals surface area (Å²) in [5, 5.41) is 4.92. The standard InChI is InChI=1S/C32H19IN2S/c33-27-11-7-20(8-12-27)22-5-3-21-4-6-23(17-26(21)16-22)25-9-13-30(35-19-25)24-10-14-31-29(18-24)28-2-1-15-34-32(28)36-31/h1-19H. The van der Waals surface area contributed by atoms with Crippen LogP contribution in [-0.2, 0) is 0 Å². The number of thiophene rings is 1. The fourth-order valence-corrected chi connectivity index (χ4v) is 6.14. The minimum Gasteiger partial charge on any atom is -0.256 e. The molecule has 0 saturated heterocycles. The fourth-order valence-electron chi connectivity index (χ4n) is 4.75. The van der Waals surface area contributed by atoms with E-state index in [0.29, 0.717) is 0 Å². The van der Waals surface area contributed by atoms with Crippen molar-refractivity contribution in [3.05, 3.63) is 119 Å². The Morgan fingerprint density at radius 2 is 1.28 bits per heavy atom. The Kier molecular flexibility index (Phi) is 5.29. The maximum Gasteiger partial charge on any atom is 0.124 e. The summed E-state index contributed by atoms with van der Waals surface area (Å²) in [7, 11) is 0. The summed E-state index contributed by atoms with van der Waals surface area (Å²) in [6, 6.07) is 37.0. The fraction of sp³-hybridized carbons (Fsp3) is 0. The quantitative estimate of drug-likeness (QED) is 0.192. The predicted molar refractivity (Wildman–Crippen MR) is 161 cm³/mol. The molecule has 0 unspecified atom stereocenters. The van der Waals surface area contributed by atoms with Crippen LogP contribution in [0.1, 0.15) is 0 Å². The topological polar surface area (TPSA) is 25.8 Å². The number of fused-ring (bicyclic) bond motifs is 4. The van der Waals surface area contributed by atoms with Gasteiger partial charge in [-0.05, 0) is 105 Å². The second kappa shape index (κ2) is 8.80. The van der Waals surface area contributed by atoms with Crippen LogP contribution in [0.15, 0.2) is 116 Å². The van der Waals surface area contributed by atoms with Gasteiger partial charge in [0.1, 0.15) is 4.83 Å². The SMILES string of the molecule is Ic1ccc(-c2ccc3ccc(-c4ccc(-c5ccc6sc7ncccc7c6c5)nc4)cc3c2)cc1. The van der Waals surface area contributed by atoms with Crippen LogP contribution in [0.5, 0.6) is 0 Å². The molecule has 0 bridgehead atoms. The van der Waals surface area contributed by atoms with E-state index in [9.17, 15) is 0 Å². The van der Waals surface area contributed by atoms with Crippen LogP contribution in [-0.4, -0.2) is 9.97 Å². The molecule has 0 atom stereocenters. The Hall–Kier alpha value is -3.61. The van der Waals surface area contributed by atoms with Crippen molar-refractivity contribution in [1.82, 2.24) is 9.97 Å². The van der Waals surface area contributed by atoms with Crippen molar-refractivity contribution in [2.45, 2.75) is 0 Å². The molecule has 0 saturated carbocycles. The first-order chi connectivity index (χ1) is 17.7. The summed E-state index contributed by atoms with van der Waals surface area (Å²) in [6.45, 7) is 0. The van der Waals surface area contributed by atoms with Gasteiger partial charge in [0, 0.05) is 42.6 Å². The molecule has 0 spiro atoms. The Labute approximate surface area is 226 Å². The Morgan fingerprint density at radius 1 is 0.556 bits per heavy atom. The molecule has 0 N–H and O–H groups in total. The minimum atomic E-state index is 0.977. The number of hydrogen-bond donors (Lipinski definition) is 0. The monoisotopic (exact) mass is 590 g/mol. The zero-order chi connectivity index (χ0) is 24.1. The maximum atomic E-state index is 4.84. The average molecular weight is 590 g/mol. The first-order valence-electron chi connectivity index (χ1n) is 11.8. The molecule has 7 rings (SSSR count). The van der Waals surface area contributed by atoms with Gasteiger partial charge < -0.3 is 0 Å². The third-order valence-corrected chi connectivity index (χ3v) is 8.47. The molecule has 2 nitrogen and oxygen atoms in total. The molecule has 0 aliphatic rings. The highest BCUT2D eigenvalue weighted by Gasteiger charge is 2.09. The summed E-state index contributed by atoms with van der Waals surface area (Å²) < 4.78 is 2.50.